The Balaban J connectivity index is 3.46. The van der Waals surface area contributed by atoms with Crippen molar-refractivity contribution in [2.24, 2.45) is 0 Å². The summed E-state index contributed by atoms with van der Waals surface area (Å²) in [5.74, 6) is 0. The van der Waals surface area contributed by atoms with E-state index in [1.165, 1.54) is 16.3 Å². The van der Waals surface area contributed by atoms with Gasteiger partial charge in [-0.1, -0.05) is 50.8 Å². The summed E-state index contributed by atoms with van der Waals surface area (Å²) in [5.41, 5.74) is 10.9. The Kier molecular flexibility index (Phi) is 3.63. The summed E-state index contributed by atoms with van der Waals surface area (Å²) in [6.07, 6.45) is 0.979. The summed E-state index contributed by atoms with van der Waals surface area (Å²) in [5, 5.41) is 1.37. The Labute approximate surface area is 100 Å². The number of hydrogen-bond donors (Lipinski definition) is 1. The Morgan fingerprint density at radius 3 is 2.25 bits per heavy atom. The number of rotatable bonds is 3. The average molecular weight is 233 g/mol. The van der Waals surface area contributed by atoms with Crippen molar-refractivity contribution in [1.29, 1.82) is 0 Å². The van der Waals surface area contributed by atoms with E-state index in [1.54, 1.807) is 0 Å². The number of nitrogen functional groups attached to an aromatic ring is 1. The molecule has 0 aliphatic rings. The van der Waals surface area contributed by atoms with E-state index in [4.69, 9.17) is 5.73 Å². The van der Waals surface area contributed by atoms with Gasteiger partial charge in [-0.15, -0.1) is 0 Å². The molecule has 0 aromatic heterocycles. The minimum atomic E-state index is -1.34. The van der Waals surface area contributed by atoms with Gasteiger partial charge in [-0.2, -0.15) is 0 Å². The third-order valence-corrected chi connectivity index (χ3v) is 5.03. The highest BCUT2D eigenvalue weighted by Gasteiger charge is 2.21. The van der Waals surface area contributed by atoms with Crippen LogP contribution in [0.5, 0.6) is 0 Å². The van der Waals surface area contributed by atoms with Gasteiger partial charge in [0, 0.05) is 5.69 Å². The Hall–Kier alpha value is -1.02. The van der Waals surface area contributed by atoms with Gasteiger partial charge >= 0.3 is 0 Å². The maximum Gasteiger partial charge on any atom is 0.0803 e. The Bertz CT molecular complexity index is 413. The van der Waals surface area contributed by atoms with Crippen LogP contribution < -0.4 is 10.9 Å². The molecule has 1 nitrogen and oxygen atoms in total. The molecule has 0 heterocycles. The molecule has 2 heteroatoms. The number of benzene rings is 1. The predicted octanol–water partition coefficient (Wildman–Crippen LogP) is 3.41. The molecule has 1 aromatic carbocycles. The summed E-state index contributed by atoms with van der Waals surface area (Å²) in [4.78, 5) is 0. The van der Waals surface area contributed by atoms with Crippen LogP contribution in [0.15, 0.2) is 18.7 Å². The predicted molar refractivity (Wildman–Crippen MR) is 77.9 cm³/mol. The molecule has 88 valence electrons. The second-order valence-corrected chi connectivity index (χ2v) is 10.5. The molecule has 0 saturated carbocycles. The van der Waals surface area contributed by atoms with Gasteiger partial charge in [-0.25, -0.2) is 0 Å². The van der Waals surface area contributed by atoms with Crippen molar-refractivity contribution in [2.45, 2.75) is 39.9 Å². The molecule has 0 fully saturated rings. The molecule has 0 unspecified atom stereocenters. The second-order valence-electron chi connectivity index (χ2n) is 5.44. The molecule has 0 bridgehead atoms. The number of anilines is 1. The molecule has 0 aliphatic heterocycles. The van der Waals surface area contributed by atoms with Gasteiger partial charge < -0.3 is 5.73 Å². The second kappa shape index (κ2) is 4.46. The van der Waals surface area contributed by atoms with E-state index < -0.39 is 8.07 Å². The van der Waals surface area contributed by atoms with E-state index in [1.807, 2.05) is 6.92 Å². The molecule has 0 spiro atoms. The number of nitrogens with two attached hydrogens (primary N) is 1. The van der Waals surface area contributed by atoms with Gasteiger partial charge in [0.25, 0.3) is 0 Å². The normalized spacial score (nSPS) is 11.6. The fourth-order valence-electron chi connectivity index (χ4n) is 2.10. The third-order valence-electron chi connectivity index (χ3n) is 2.98. The zero-order valence-corrected chi connectivity index (χ0v) is 12.1. The summed E-state index contributed by atoms with van der Waals surface area (Å²) >= 11 is 0. The summed E-state index contributed by atoms with van der Waals surface area (Å²) in [6, 6.07) is 4.38. The topological polar surface area (TPSA) is 26.0 Å². The van der Waals surface area contributed by atoms with Crippen LogP contribution in [0.3, 0.4) is 0 Å². The summed E-state index contributed by atoms with van der Waals surface area (Å²) in [6.45, 7) is 15.2. The van der Waals surface area contributed by atoms with Crippen LogP contribution in [-0.4, -0.2) is 8.07 Å². The highest BCUT2D eigenvalue weighted by atomic mass is 28.3. The van der Waals surface area contributed by atoms with Crippen LogP contribution in [0.4, 0.5) is 5.69 Å². The first kappa shape index (κ1) is 13.0. The lowest BCUT2D eigenvalue weighted by atomic mass is 9.98. The van der Waals surface area contributed by atoms with Crippen LogP contribution in [-0.2, 0) is 6.42 Å². The molecule has 0 radical (unpaired) electrons. The van der Waals surface area contributed by atoms with E-state index in [2.05, 4.69) is 45.3 Å². The largest absolute Gasteiger partial charge is 0.399 e. The molecule has 0 aliphatic carbocycles. The van der Waals surface area contributed by atoms with Gasteiger partial charge in [0.15, 0.2) is 0 Å². The number of allylic oxidation sites excluding steroid dienone is 1. The van der Waals surface area contributed by atoms with E-state index in [-0.39, 0.29) is 0 Å². The van der Waals surface area contributed by atoms with Crippen molar-refractivity contribution < 1.29 is 0 Å². The Morgan fingerprint density at radius 2 is 1.88 bits per heavy atom. The van der Waals surface area contributed by atoms with Crippen molar-refractivity contribution in [3.8, 4) is 0 Å². The maximum absolute atomic E-state index is 6.31. The molecule has 0 saturated heterocycles. The van der Waals surface area contributed by atoms with Gasteiger partial charge in [0.2, 0.25) is 0 Å². The van der Waals surface area contributed by atoms with E-state index in [0.29, 0.717) is 0 Å². The van der Waals surface area contributed by atoms with Gasteiger partial charge in [-0.05, 0) is 29.7 Å². The minimum absolute atomic E-state index is 0.979. The van der Waals surface area contributed by atoms with Crippen molar-refractivity contribution in [3.63, 3.8) is 0 Å². The first-order valence-electron chi connectivity index (χ1n) is 5.86. The molecular formula is C14H23NSi. The molecular weight excluding hydrogens is 210 g/mol. The first-order chi connectivity index (χ1) is 7.29. The van der Waals surface area contributed by atoms with E-state index >= 15 is 0 Å². The molecule has 0 amide bonds. The average Bonchev–Trinajstić information content (AvgIpc) is 2.14. The molecule has 1 aromatic rings. The molecule has 16 heavy (non-hydrogen) atoms. The van der Waals surface area contributed by atoms with Gasteiger partial charge in [0.05, 0.1) is 8.07 Å². The van der Waals surface area contributed by atoms with Crippen LogP contribution >= 0.6 is 0 Å². The zero-order chi connectivity index (χ0) is 12.5. The highest BCUT2D eigenvalue weighted by Crippen LogP contribution is 2.24. The monoisotopic (exact) mass is 233 g/mol. The quantitative estimate of drug-likeness (QED) is 0.628. The van der Waals surface area contributed by atoms with Crippen molar-refractivity contribution in [1.82, 2.24) is 0 Å². The smallest absolute Gasteiger partial charge is 0.0803 e. The number of hydrogen-bond acceptors (Lipinski definition) is 1. The van der Waals surface area contributed by atoms with Crippen LogP contribution in [0, 0.1) is 0 Å². The van der Waals surface area contributed by atoms with Crippen molar-refractivity contribution >= 4 is 24.5 Å². The third kappa shape index (κ3) is 2.38. The highest BCUT2D eigenvalue weighted by molar-refractivity contribution is 6.89. The molecule has 0 atom stereocenters. The lowest BCUT2D eigenvalue weighted by Crippen LogP contribution is -2.40. The van der Waals surface area contributed by atoms with Crippen molar-refractivity contribution in [2.75, 3.05) is 5.73 Å². The van der Waals surface area contributed by atoms with E-state index in [0.717, 1.165) is 17.7 Å². The lowest BCUT2D eigenvalue weighted by molar-refractivity contribution is 1.13. The van der Waals surface area contributed by atoms with Crippen LogP contribution in [0.1, 0.15) is 25.0 Å². The maximum atomic E-state index is 6.31. The van der Waals surface area contributed by atoms with E-state index in [9.17, 15) is 0 Å². The van der Waals surface area contributed by atoms with Gasteiger partial charge in [0.1, 0.15) is 0 Å². The molecule has 1 rings (SSSR count). The standard InChI is InChI=1S/C14H23NSi/c1-7-11-12(10(2)3)8-9-13(14(11)15)16(4,5)6/h8-9H,2,7,15H2,1,3-6H3. The van der Waals surface area contributed by atoms with Gasteiger partial charge in [-0.3, -0.25) is 0 Å². The Morgan fingerprint density at radius 1 is 1.31 bits per heavy atom. The summed E-state index contributed by atoms with van der Waals surface area (Å²) in [7, 11) is -1.34. The van der Waals surface area contributed by atoms with Crippen LogP contribution in [0.25, 0.3) is 5.57 Å². The zero-order valence-electron chi connectivity index (χ0n) is 11.1. The minimum Gasteiger partial charge on any atom is -0.399 e. The fourth-order valence-corrected chi connectivity index (χ4v) is 3.64. The lowest BCUT2D eigenvalue weighted by Gasteiger charge is -2.23. The van der Waals surface area contributed by atoms with Crippen LogP contribution in [0.2, 0.25) is 19.6 Å². The van der Waals surface area contributed by atoms with Crippen molar-refractivity contribution in [3.05, 3.63) is 29.8 Å². The summed E-state index contributed by atoms with van der Waals surface area (Å²) < 4.78 is 0. The fraction of sp³-hybridized carbons (Fsp3) is 0.429. The first-order valence-corrected chi connectivity index (χ1v) is 9.36. The SMILES string of the molecule is C=C(C)c1ccc([Si](C)(C)C)c(N)c1CC. The molecule has 2 N–H and O–H groups in total.